The summed E-state index contributed by atoms with van der Waals surface area (Å²) >= 11 is 0. The van der Waals surface area contributed by atoms with Gasteiger partial charge in [0, 0.05) is 18.3 Å². The molecule has 1 aromatic heterocycles. The van der Waals surface area contributed by atoms with Crippen molar-refractivity contribution >= 4 is 15.8 Å². The average molecular weight is 298 g/mol. The number of nitrogens with one attached hydrogen (secondary N) is 1. The molecule has 1 aromatic rings. The molecular formula is C13H22N4O2S. The van der Waals surface area contributed by atoms with E-state index in [9.17, 15) is 8.42 Å². The number of anilines is 1. The van der Waals surface area contributed by atoms with Gasteiger partial charge in [0.15, 0.2) is 0 Å². The van der Waals surface area contributed by atoms with Crippen LogP contribution in [0.4, 0.5) is 5.82 Å². The minimum atomic E-state index is -3.50. The Kier molecular flexibility index (Phi) is 4.95. The molecule has 0 radical (unpaired) electrons. The Labute approximate surface area is 120 Å². The molecule has 7 heteroatoms. The van der Waals surface area contributed by atoms with E-state index in [4.69, 9.17) is 5.73 Å². The number of pyridine rings is 1. The molecule has 0 bridgehead atoms. The third kappa shape index (κ3) is 3.91. The lowest BCUT2D eigenvalue weighted by Crippen LogP contribution is -2.44. The molecular weight excluding hydrogens is 276 g/mol. The first kappa shape index (κ1) is 15.2. The van der Waals surface area contributed by atoms with Crippen LogP contribution in [-0.4, -0.2) is 44.0 Å². The highest BCUT2D eigenvalue weighted by atomic mass is 32.2. The molecule has 2 rings (SSSR count). The SMILES string of the molecule is CCCN1CCC(NS(=O)(=O)c2ccnc(N)c2)CC1. The second-order valence-corrected chi connectivity index (χ2v) is 6.87. The van der Waals surface area contributed by atoms with Gasteiger partial charge < -0.3 is 10.6 Å². The number of nitrogen functional groups attached to an aromatic ring is 1. The Morgan fingerprint density at radius 2 is 2.15 bits per heavy atom. The van der Waals surface area contributed by atoms with Crippen LogP contribution in [0.1, 0.15) is 26.2 Å². The Balaban J connectivity index is 1.96. The van der Waals surface area contributed by atoms with Gasteiger partial charge in [0.2, 0.25) is 10.0 Å². The van der Waals surface area contributed by atoms with Crippen molar-refractivity contribution in [2.24, 2.45) is 0 Å². The van der Waals surface area contributed by atoms with E-state index in [1.807, 2.05) is 0 Å². The summed E-state index contributed by atoms with van der Waals surface area (Å²) < 4.78 is 27.3. The maximum Gasteiger partial charge on any atom is 0.241 e. The molecule has 1 aliphatic rings. The summed E-state index contributed by atoms with van der Waals surface area (Å²) in [5.41, 5.74) is 5.53. The normalized spacial score (nSPS) is 18.2. The molecule has 1 fully saturated rings. The molecule has 6 nitrogen and oxygen atoms in total. The van der Waals surface area contributed by atoms with Gasteiger partial charge in [-0.05, 0) is 45.0 Å². The molecule has 0 saturated carbocycles. The van der Waals surface area contributed by atoms with Crippen LogP contribution < -0.4 is 10.5 Å². The number of rotatable bonds is 5. The Bertz CT molecular complexity index is 539. The van der Waals surface area contributed by atoms with Gasteiger partial charge in [0.05, 0.1) is 4.90 Å². The molecule has 0 unspecified atom stereocenters. The highest BCUT2D eigenvalue weighted by Crippen LogP contribution is 2.15. The maximum absolute atomic E-state index is 12.3. The molecule has 0 amide bonds. The van der Waals surface area contributed by atoms with Crippen molar-refractivity contribution in [2.75, 3.05) is 25.4 Å². The highest BCUT2D eigenvalue weighted by molar-refractivity contribution is 7.89. The van der Waals surface area contributed by atoms with Gasteiger partial charge in [-0.25, -0.2) is 18.1 Å². The van der Waals surface area contributed by atoms with E-state index in [2.05, 4.69) is 21.5 Å². The number of piperidine rings is 1. The van der Waals surface area contributed by atoms with Crippen LogP contribution in [-0.2, 0) is 10.0 Å². The lowest BCUT2D eigenvalue weighted by Gasteiger charge is -2.31. The summed E-state index contributed by atoms with van der Waals surface area (Å²) in [5.74, 6) is 0.214. The van der Waals surface area contributed by atoms with Crippen LogP contribution in [0.5, 0.6) is 0 Å². The van der Waals surface area contributed by atoms with Crippen molar-refractivity contribution in [3.05, 3.63) is 18.3 Å². The van der Waals surface area contributed by atoms with Gasteiger partial charge in [-0.1, -0.05) is 6.92 Å². The first-order valence-electron chi connectivity index (χ1n) is 6.97. The van der Waals surface area contributed by atoms with Gasteiger partial charge >= 0.3 is 0 Å². The van der Waals surface area contributed by atoms with E-state index in [1.54, 1.807) is 0 Å². The van der Waals surface area contributed by atoms with Crippen LogP contribution in [0.25, 0.3) is 0 Å². The summed E-state index contributed by atoms with van der Waals surface area (Å²) in [4.78, 5) is 6.36. The number of sulfonamides is 1. The molecule has 2 heterocycles. The molecule has 112 valence electrons. The van der Waals surface area contributed by atoms with Gasteiger partial charge in [-0.15, -0.1) is 0 Å². The number of nitrogens with zero attached hydrogens (tertiary/aromatic N) is 2. The number of hydrogen-bond acceptors (Lipinski definition) is 5. The number of hydrogen-bond donors (Lipinski definition) is 2. The third-order valence-electron chi connectivity index (χ3n) is 3.51. The first-order valence-corrected chi connectivity index (χ1v) is 8.46. The van der Waals surface area contributed by atoms with E-state index < -0.39 is 10.0 Å². The monoisotopic (exact) mass is 298 g/mol. The highest BCUT2D eigenvalue weighted by Gasteiger charge is 2.24. The van der Waals surface area contributed by atoms with Crippen LogP contribution >= 0.6 is 0 Å². The largest absolute Gasteiger partial charge is 0.384 e. The molecule has 0 aromatic carbocycles. The second kappa shape index (κ2) is 6.51. The zero-order chi connectivity index (χ0) is 14.6. The average Bonchev–Trinajstić information content (AvgIpc) is 2.41. The van der Waals surface area contributed by atoms with E-state index in [0.717, 1.165) is 38.9 Å². The van der Waals surface area contributed by atoms with Crippen molar-refractivity contribution in [2.45, 2.75) is 37.1 Å². The lowest BCUT2D eigenvalue weighted by atomic mass is 10.1. The first-order chi connectivity index (χ1) is 9.51. The zero-order valence-electron chi connectivity index (χ0n) is 11.7. The van der Waals surface area contributed by atoms with Crippen LogP contribution in [0.3, 0.4) is 0 Å². The fourth-order valence-corrected chi connectivity index (χ4v) is 3.80. The van der Waals surface area contributed by atoms with Crippen LogP contribution in [0, 0.1) is 0 Å². The summed E-state index contributed by atoms with van der Waals surface area (Å²) in [5, 5.41) is 0. The third-order valence-corrected chi connectivity index (χ3v) is 5.03. The van der Waals surface area contributed by atoms with Gasteiger partial charge in [0.1, 0.15) is 5.82 Å². The smallest absolute Gasteiger partial charge is 0.241 e. The van der Waals surface area contributed by atoms with Crippen molar-refractivity contribution < 1.29 is 8.42 Å². The van der Waals surface area contributed by atoms with Gasteiger partial charge in [-0.2, -0.15) is 0 Å². The van der Waals surface area contributed by atoms with E-state index >= 15 is 0 Å². The van der Waals surface area contributed by atoms with Crippen LogP contribution in [0.2, 0.25) is 0 Å². The summed E-state index contributed by atoms with van der Waals surface area (Å²) in [6.45, 7) is 5.13. The minimum Gasteiger partial charge on any atom is -0.384 e. The number of likely N-dealkylation sites (tertiary alicyclic amines) is 1. The second-order valence-electron chi connectivity index (χ2n) is 5.15. The van der Waals surface area contributed by atoms with Crippen molar-refractivity contribution in [1.82, 2.24) is 14.6 Å². The number of nitrogens with two attached hydrogens (primary N) is 1. The fourth-order valence-electron chi connectivity index (χ4n) is 2.47. The molecule has 1 aliphatic heterocycles. The van der Waals surface area contributed by atoms with E-state index in [1.165, 1.54) is 18.3 Å². The number of aromatic nitrogens is 1. The topological polar surface area (TPSA) is 88.3 Å². The lowest BCUT2D eigenvalue weighted by molar-refractivity contribution is 0.208. The van der Waals surface area contributed by atoms with Crippen molar-refractivity contribution in [3.8, 4) is 0 Å². The zero-order valence-corrected chi connectivity index (χ0v) is 12.6. The van der Waals surface area contributed by atoms with Crippen molar-refractivity contribution in [3.63, 3.8) is 0 Å². The molecule has 3 N–H and O–H groups in total. The summed E-state index contributed by atoms with van der Waals surface area (Å²) in [7, 11) is -3.50. The molecule has 0 atom stereocenters. The van der Waals surface area contributed by atoms with E-state index in [-0.39, 0.29) is 16.8 Å². The Hall–Kier alpha value is -1.18. The molecule has 20 heavy (non-hydrogen) atoms. The standard InChI is InChI=1S/C13H22N4O2S/c1-2-7-17-8-4-11(5-9-17)16-20(18,19)12-3-6-15-13(14)10-12/h3,6,10-11,16H,2,4-5,7-9H2,1H3,(H2,14,15). The van der Waals surface area contributed by atoms with Gasteiger partial charge in [0.25, 0.3) is 0 Å². The molecule has 0 spiro atoms. The summed E-state index contributed by atoms with van der Waals surface area (Å²) in [6.07, 6.45) is 4.24. The molecule has 1 saturated heterocycles. The predicted molar refractivity (Wildman–Crippen MR) is 78.7 cm³/mol. The maximum atomic E-state index is 12.3. The Morgan fingerprint density at radius 1 is 1.45 bits per heavy atom. The van der Waals surface area contributed by atoms with Crippen molar-refractivity contribution in [1.29, 1.82) is 0 Å². The Morgan fingerprint density at radius 3 is 2.75 bits per heavy atom. The predicted octanol–water partition coefficient (Wildman–Crippen LogP) is 0.817. The summed E-state index contributed by atoms with van der Waals surface area (Å²) in [6, 6.07) is 2.85. The molecule has 0 aliphatic carbocycles. The minimum absolute atomic E-state index is 0.00231. The van der Waals surface area contributed by atoms with E-state index in [0.29, 0.717) is 0 Å². The fraction of sp³-hybridized carbons (Fsp3) is 0.615. The van der Waals surface area contributed by atoms with Crippen LogP contribution in [0.15, 0.2) is 23.2 Å². The van der Waals surface area contributed by atoms with Gasteiger partial charge in [-0.3, -0.25) is 0 Å². The quantitative estimate of drug-likeness (QED) is 0.840.